The van der Waals surface area contributed by atoms with Gasteiger partial charge in [-0.25, -0.2) is 4.39 Å². The fourth-order valence-electron chi connectivity index (χ4n) is 1.37. The van der Waals surface area contributed by atoms with E-state index in [1.165, 1.54) is 0 Å². The Bertz CT molecular complexity index is 159. The molecule has 0 spiro atoms. The Morgan fingerprint density at radius 1 is 1.58 bits per heavy atom. The first kappa shape index (κ1) is 10.3. The molecule has 0 aromatic rings. The third kappa shape index (κ3) is 3.31. The summed E-state index contributed by atoms with van der Waals surface area (Å²) < 4.78 is 12.8. The lowest BCUT2D eigenvalue weighted by Crippen LogP contribution is -2.18. The van der Waals surface area contributed by atoms with Crippen LogP contribution in [0.3, 0.4) is 0 Å². The standard InChI is InChI=1S/C8H12ClFOS/c9-8(11)7(10)5-6-1-3-12-4-2-6/h6-7H,1-5H2. The van der Waals surface area contributed by atoms with Gasteiger partial charge in [-0.2, -0.15) is 11.8 Å². The summed E-state index contributed by atoms with van der Waals surface area (Å²) in [6, 6.07) is 0. The van der Waals surface area contributed by atoms with E-state index >= 15 is 0 Å². The molecule has 1 unspecified atom stereocenters. The molecule has 0 amide bonds. The molecule has 1 aliphatic rings. The fraction of sp³-hybridized carbons (Fsp3) is 0.875. The van der Waals surface area contributed by atoms with E-state index < -0.39 is 11.4 Å². The van der Waals surface area contributed by atoms with Crippen molar-refractivity contribution in [1.29, 1.82) is 0 Å². The molecule has 0 aromatic heterocycles. The molecule has 1 rings (SSSR count). The van der Waals surface area contributed by atoms with E-state index in [9.17, 15) is 9.18 Å². The van der Waals surface area contributed by atoms with Crippen LogP contribution in [0.1, 0.15) is 19.3 Å². The molecule has 1 heterocycles. The highest BCUT2D eigenvalue weighted by Gasteiger charge is 2.22. The first-order chi connectivity index (χ1) is 5.70. The van der Waals surface area contributed by atoms with Gasteiger partial charge in [0.1, 0.15) is 0 Å². The van der Waals surface area contributed by atoms with Gasteiger partial charge in [0.15, 0.2) is 6.17 Å². The molecule has 12 heavy (non-hydrogen) atoms. The lowest BCUT2D eigenvalue weighted by Gasteiger charge is -2.21. The number of hydrogen-bond acceptors (Lipinski definition) is 2. The van der Waals surface area contributed by atoms with Crippen molar-refractivity contribution >= 4 is 28.6 Å². The van der Waals surface area contributed by atoms with E-state index in [2.05, 4.69) is 0 Å². The number of halogens is 2. The largest absolute Gasteiger partial charge is 0.278 e. The van der Waals surface area contributed by atoms with E-state index in [1.54, 1.807) is 0 Å². The molecule has 1 aliphatic heterocycles. The molecule has 0 saturated carbocycles. The van der Waals surface area contributed by atoms with Crippen LogP contribution >= 0.6 is 23.4 Å². The first-order valence-electron chi connectivity index (χ1n) is 4.11. The van der Waals surface area contributed by atoms with Crippen LogP contribution in [0.25, 0.3) is 0 Å². The Morgan fingerprint density at radius 2 is 2.17 bits per heavy atom. The molecule has 1 nitrogen and oxygen atoms in total. The lowest BCUT2D eigenvalue weighted by atomic mass is 9.96. The van der Waals surface area contributed by atoms with E-state index in [4.69, 9.17) is 11.6 Å². The van der Waals surface area contributed by atoms with Gasteiger partial charge in [-0.1, -0.05) is 0 Å². The highest BCUT2D eigenvalue weighted by atomic mass is 35.5. The number of hydrogen-bond donors (Lipinski definition) is 0. The maximum atomic E-state index is 12.8. The van der Waals surface area contributed by atoms with Crippen LogP contribution in [0.5, 0.6) is 0 Å². The molecule has 0 N–H and O–H groups in total. The maximum absolute atomic E-state index is 12.8. The predicted molar refractivity (Wildman–Crippen MR) is 50.4 cm³/mol. The first-order valence-corrected chi connectivity index (χ1v) is 5.64. The highest BCUT2D eigenvalue weighted by Crippen LogP contribution is 2.27. The minimum absolute atomic E-state index is 0.322. The van der Waals surface area contributed by atoms with Gasteiger partial charge >= 0.3 is 0 Å². The lowest BCUT2D eigenvalue weighted by molar-refractivity contribution is -0.116. The number of carbonyl (C=O) groups is 1. The van der Waals surface area contributed by atoms with Crippen molar-refractivity contribution in [3.05, 3.63) is 0 Å². The van der Waals surface area contributed by atoms with Crippen LogP contribution in [-0.4, -0.2) is 22.9 Å². The van der Waals surface area contributed by atoms with E-state index in [-0.39, 0.29) is 0 Å². The predicted octanol–water partition coefficient (Wildman–Crippen LogP) is 2.62. The number of alkyl halides is 1. The highest BCUT2D eigenvalue weighted by molar-refractivity contribution is 7.99. The third-order valence-corrected chi connectivity index (χ3v) is 3.41. The Hall–Kier alpha value is 0.240. The summed E-state index contributed by atoms with van der Waals surface area (Å²) in [7, 11) is 0. The fourth-order valence-corrected chi connectivity index (χ4v) is 2.66. The summed E-state index contributed by atoms with van der Waals surface area (Å²) in [6.45, 7) is 0. The normalized spacial score (nSPS) is 22.2. The van der Waals surface area contributed by atoms with Crippen LogP contribution in [-0.2, 0) is 4.79 Å². The van der Waals surface area contributed by atoms with Gasteiger partial charge < -0.3 is 0 Å². The second-order valence-electron chi connectivity index (χ2n) is 3.06. The Kier molecular flexibility index (Phi) is 4.36. The second kappa shape index (κ2) is 5.07. The quantitative estimate of drug-likeness (QED) is 0.667. The van der Waals surface area contributed by atoms with Gasteiger partial charge in [0.25, 0.3) is 5.24 Å². The Balaban J connectivity index is 2.24. The molecular formula is C8H12ClFOS. The van der Waals surface area contributed by atoms with Crippen molar-refractivity contribution in [3.8, 4) is 0 Å². The van der Waals surface area contributed by atoms with Gasteiger partial charge in [-0.3, -0.25) is 4.79 Å². The minimum Gasteiger partial charge on any atom is -0.278 e. The van der Waals surface area contributed by atoms with Crippen molar-refractivity contribution in [3.63, 3.8) is 0 Å². The van der Waals surface area contributed by atoms with E-state index in [0.717, 1.165) is 24.3 Å². The summed E-state index contributed by atoms with van der Waals surface area (Å²) in [6.07, 6.45) is 0.924. The summed E-state index contributed by atoms with van der Waals surface area (Å²) in [4.78, 5) is 10.4. The van der Waals surface area contributed by atoms with E-state index in [1.807, 2.05) is 11.8 Å². The van der Waals surface area contributed by atoms with Gasteiger partial charge in [-0.05, 0) is 48.3 Å². The zero-order chi connectivity index (χ0) is 8.97. The smallest absolute Gasteiger partial charge is 0.255 e. The van der Waals surface area contributed by atoms with Gasteiger partial charge in [-0.15, -0.1) is 0 Å². The van der Waals surface area contributed by atoms with Crippen LogP contribution in [0.4, 0.5) is 4.39 Å². The van der Waals surface area contributed by atoms with Crippen molar-refractivity contribution in [2.24, 2.45) is 5.92 Å². The summed E-state index contributed by atoms with van der Waals surface area (Å²) in [5.74, 6) is 2.55. The molecule has 70 valence electrons. The molecule has 0 radical (unpaired) electrons. The Morgan fingerprint density at radius 3 is 2.67 bits per heavy atom. The van der Waals surface area contributed by atoms with Gasteiger partial charge in [0.2, 0.25) is 0 Å². The van der Waals surface area contributed by atoms with Crippen molar-refractivity contribution in [1.82, 2.24) is 0 Å². The van der Waals surface area contributed by atoms with Crippen LogP contribution in [0.15, 0.2) is 0 Å². The molecule has 0 aliphatic carbocycles. The third-order valence-electron chi connectivity index (χ3n) is 2.13. The Labute approximate surface area is 81.0 Å². The zero-order valence-electron chi connectivity index (χ0n) is 6.76. The van der Waals surface area contributed by atoms with Crippen molar-refractivity contribution in [2.45, 2.75) is 25.4 Å². The number of carbonyl (C=O) groups excluding carboxylic acids is 1. The minimum atomic E-state index is -1.44. The van der Waals surface area contributed by atoms with E-state index in [0.29, 0.717) is 12.3 Å². The molecular weight excluding hydrogens is 199 g/mol. The van der Waals surface area contributed by atoms with Crippen molar-refractivity contribution < 1.29 is 9.18 Å². The molecule has 0 aromatic carbocycles. The molecule has 0 bridgehead atoms. The summed E-state index contributed by atoms with van der Waals surface area (Å²) in [5, 5.41) is -0.840. The average molecular weight is 211 g/mol. The zero-order valence-corrected chi connectivity index (χ0v) is 8.34. The number of rotatable bonds is 3. The molecule has 4 heteroatoms. The van der Waals surface area contributed by atoms with Crippen LogP contribution in [0.2, 0.25) is 0 Å². The topological polar surface area (TPSA) is 17.1 Å². The molecule has 1 fully saturated rings. The second-order valence-corrected chi connectivity index (χ2v) is 4.66. The van der Waals surface area contributed by atoms with Crippen LogP contribution < -0.4 is 0 Å². The van der Waals surface area contributed by atoms with Gasteiger partial charge in [0.05, 0.1) is 0 Å². The molecule has 1 saturated heterocycles. The molecule has 1 atom stereocenters. The van der Waals surface area contributed by atoms with Crippen molar-refractivity contribution in [2.75, 3.05) is 11.5 Å². The average Bonchev–Trinajstić information content (AvgIpc) is 2.06. The number of thioether (sulfide) groups is 1. The summed E-state index contributed by atoms with van der Waals surface area (Å²) >= 11 is 6.92. The monoisotopic (exact) mass is 210 g/mol. The maximum Gasteiger partial charge on any atom is 0.255 e. The van der Waals surface area contributed by atoms with Gasteiger partial charge in [0, 0.05) is 0 Å². The SMILES string of the molecule is O=C(Cl)C(F)CC1CCSCC1. The van der Waals surface area contributed by atoms with Crippen LogP contribution in [0, 0.1) is 5.92 Å². The summed E-state index contributed by atoms with van der Waals surface area (Å²) in [5.41, 5.74) is 0.